The molecule has 0 aliphatic rings. The van der Waals surface area contributed by atoms with Gasteiger partial charge in [0, 0.05) is 6.07 Å². The van der Waals surface area contributed by atoms with Gasteiger partial charge < -0.3 is 0 Å². The number of rotatable bonds is 3. The Kier molecular flexibility index (Phi) is 4.07. The van der Waals surface area contributed by atoms with Crippen LogP contribution in [0.5, 0.6) is 0 Å². The molecule has 0 unspecified atom stereocenters. The second-order valence-corrected chi connectivity index (χ2v) is 6.45. The summed E-state index contributed by atoms with van der Waals surface area (Å²) in [6, 6.07) is 1.61. The van der Waals surface area contributed by atoms with E-state index in [1.54, 1.807) is 0 Å². The number of halogens is 4. The van der Waals surface area contributed by atoms with Crippen LogP contribution in [0.2, 0.25) is 0 Å². The highest BCUT2D eigenvalue weighted by molar-refractivity contribution is 9.11. The molecule has 0 bridgehead atoms. The summed E-state index contributed by atoms with van der Waals surface area (Å²) in [5.41, 5.74) is -0.303. The summed E-state index contributed by atoms with van der Waals surface area (Å²) in [5, 5.41) is 0. The second kappa shape index (κ2) is 4.75. The fourth-order valence-electron chi connectivity index (χ4n) is 0.796. The lowest BCUT2D eigenvalue weighted by atomic mass is 10.3. The zero-order valence-electron chi connectivity index (χ0n) is 7.10. The van der Waals surface area contributed by atoms with Crippen molar-refractivity contribution in [2.24, 2.45) is 0 Å². The van der Waals surface area contributed by atoms with Crippen molar-refractivity contribution in [3.8, 4) is 0 Å². The number of hydrogen-bond donors (Lipinski definition) is 1. The normalized spacial score (nSPS) is 11.5. The molecular formula is C7H5Br2F2NO2S. The number of sulfonamides is 1. The molecule has 0 spiro atoms. The van der Waals surface area contributed by atoms with E-state index < -0.39 is 21.7 Å². The predicted octanol–water partition coefficient (Wildman–Crippen LogP) is 2.82. The monoisotopic (exact) mass is 363 g/mol. The van der Waals surface area contributed by atoms with Crippen LogP contribution in [-0.2, 0) is 10.0 Å². The molecule has 0 fully saturated rings. The van der Waals surface area contributed by atoms with E-state index in [0.717, 1.165) is 6.07 Å². The first-order chi connectivity index (χ1) is 6.85. The number of hydrogen-bond acceptors (Lipinski definition) is 2. The van der Waals surface area contributed by atoms with Gasteiger partial charge in [0.05, 0.1) is 10.2 Å². The molecule has 1 aromatic rings. The van der Waals surface area contributed by atoms with Crippen molar-refractivity contribution in [1.82, 2.24) is 0 Å². The van der Waals surface area contributed by atoms with Gasteiger partial charge in [0.25, 0.3) is 0 Å². The molecule has 8 heteroatoms. The Morgan fingerprint density at radius 2 is 1.87 bits per heavy atom. The minimum atomic E-state index is -3.64. The van der Waals surface area contributed by atoms with Crippen LogP contribution in [0.4, 0.5) is 14.5 Å². The third kappa shape index (κ3) is 3.39. The van der Waals surface area contributed by atoms with E-state index in [-0.39, 0.29) is 14.8 Å². The molecule has 1 aromatic carbocycles. The Balaban J connectivity index is 3.12. The highest BCUT2D eigenvalue weighted by Crippen LogP contribution is 2.24. The van der Waals surface area contributed by atoms with Crippen molar-refractivity contribution < 1.29 is 17.2 Å². The summed E-state index contributed by atoms with van der Waals surface area (Å²) in [6.45, 7) is 0. The first-order valence-corrected chi connectivity index (χ1v) is 7.13. The lowest BCUT2D eigenvalue weighted by molar-refractivity contribution is 0.579. The zero-order chi connectivity index (χ0) is 11.6. The van der Waals surface area contributed by atoms with Gasteiger partial charge in [-0.15, -0.1) is 0 Å². The zero-order valence-corrected chi connectivity index (χ0v) is 11.1. The molecule has 1 N–H and O–H groups in total. The van der Waals surface area contributed by atoms with Crippen LogP contribution in [-0.4, -0.2) is 13.1 Å². The molecule has 15 heavy (non-hydrogen) atoms. The Bertz CT molecular complexity index is 478. The van der Waals surface area contributed by atoms with E-state index in [1.165, 1.54) is 0 Å². The van der Waals surface area contributed by atoms with Crippen LogP contribution in [0, 0.1) is 11.6 Å². The maximum atomic E-state index is 13.1. The topological polar surface area (TPSA) is 46.2 Å². The quantitative estimate of drug-likeness (QED) is 0.662. The summed E-state index contributed by atoms with van der Waals surface area (Å²) >= 11 is 5.55. The van der Waals surface area contributed by atoms with Gasteiger partial charge in [0.2, 0.25) is 10.0 Å². The Hall–Kier alpha value is -0.210. The highest BCUT2D eigenvalue weighted by atomic mass is 79.9. The van der Waals surface area contributed by atoms with Crippen molar-refractivity contribution >= 4 is 47.6 Å². The van der Waals surface area contributed by atoms with Crippen LogP contribution < -0.4 is 4.72 Å². The highest BCUT2D eigenvalue weighted by Gasteiger charge is 2.13. The first kappa shape index (κ1) is 12.9. The average molecular weight is 365 g/mol. The summed E-state index contributed by atoms with van der Waals surface area (Å²) in [4.78, 5) is 0. The average Bonchev–Trinajstić information content (AvgIpc) is 2.14. The minimum absolute atomic E-state index is 0.0174. The van der Waals surface area contributed by atoms with Crippen molar-refractivity contribution in [2.75, 3.05) is 9.38 Å². The molecule has 1 rings (SSSR count). The number of benzene rings is 1. The standard InChI is InChI=1S/C7H5Br2F2NO2S/c8-3-15(13,14)12-7-1-4(9)5(10)2-6(7)11/h1-2,12H,3H2. The maximum Gasteiger partial charge on any atom is 0.242 e. The van der Waals surface area contributed by atoms with Crippen LogP contribution in [0.1, 0.15) is 0 Å². The van der Waals surface area contributed by atoms with E-state index in [0.29, 0.717) is 6.07 Å². The Labute approximate surface area is 102 Å². The second-order valence-electron chi connectivity index (χ2n) is 2.57. The van der Waals surface area contributed by atoms with Crippen LogP contribution in [0.3, 0.4) is 0 Å². The molecule has 0 aromatic heterocycles. The Morgan fingerprint density at radius 3 is 2.40 bits per heavy atom. The molecule has 0 atom stereocenters. The van der Waals surface area contributed by atoms with Gasteiger partial charge in [-0.25, -0.2) is 17.2 Å². The third-order valence-corrected chi connectivity index (χ3v) is 4.65. The number of alkyl halides is 1. The van der Waals surface area contributed by atoms with Crippen molar-refractivity contribution in [3.63, 3.8) is 0 Å². The fourth-order valence-corrected chi connectivity index (χ4v) is 2.03. The fraction of sp³-hybridized carbons (Fsp3) is 0.143. The largest absolute Gasteiger partial charge is 0.280 e. The van der Waals surface area contributed by atoms with Gasteiger partial charge >= 0.3 is 0 Å². The lowest BCUT2D eigenvalue weighted by Gasteiger charge is -2.07. The maximum absolute atomic E-state index is 13.1. The molecule has 0 aliphatic carbocycles. The molecule has 3 nitrogen and oxygen atoms in total. The molecule has 0 saturated heterocycles. The molecule has 0 heterocycles. The molecular weight excluding hydrogens is 360 g/mol. The molecule has 0 radical (unpaired) electrons. The van der Waals surface area contributed by atoms with E-state index in [9.17, 15) is 17.2 Å². The van der Waals surface area contributed by atoms with E-state index >= 15 is 0 Å². The molecule has 0 saturated carbocycles. The van der Waals surface area contributed by atoms with E-state index in [1.807, 2.05) is 4.72 Å². The van der Waals surface area contributed by atoms with Gasteiger partial charge in [-0.1, -0.05) is 15.9 Å². The van der Waals surface area contributed by atoms with E-state index in [2.05, 4.69) is 31.9 Å². The predicted molar refractivity (Wildman–Crippen MR) is 60.4 cm³/mol. The number of nitrogens with one attached hydrogen (secondary N) is 1. The van der Waals surface area contributed by atoms with Crippen molar-refractivity contribution in [2.45, 2.75) is 0 Å². The summed E-state index contributed by atoms with van der Waals surface area (Å²) in [5.74, 6) is -1.77. The van der Waals surface area contributed by atoms with Gasteiger partial charge in [0.1, 0.15) is 16.3 Å². The summed E-state index contributed by atoms with van der Waals surface area (Å²) < 4.78 is 49.6. The van der Waals surface area contributed by atoms with Crippen LogP contribution >= 0.6 is 31.9 Å². The lowest BCUT2D eigenvalue weighted by Crippen LogP contribution is -2.14. The van der Waals surface area contributed by atoms with Gasteiger partial charge in [-0.05, 0) is 22.0 Å². The number of anilines is 1. The van der Waals surface area contributed by atoms with Gasteiger partial charge in [-0.2, -0.15) is 0 Å². The smallest absolute Gasteiger partial charge is 0.242 e. The molecule has 0 aliphatic heterocycles. The SMILES string of the molecule is O=S(=O)(CBr)Nc1cc(Br)c(F)cc1F. The van der Waals surface area contributed by atoms with Crippen molar-refractivity contribution in [1.29, 1.82) is 0 Å². The summed E-state index contributed by atoms with van der Waals surface area (Å²) in [7, 11) is -3.64. The Morgan fingerprint density at radius 1 is 1.27 bits per heavy atom. The van der Waals surface area contributed by atoms with Crippen LogP contribution in [0.15, 0.2) is 16.6 Å². The van der Waals surface area contributed by atoms with E-state index in [4.69, 9.17) is 0 Å². The minimum Gasteiger partial charge on any atom is -0.280 e. The summed E-state index contributed by atoms with van der Waals surface area (Å²) in [6.07, 6.45) is 0. The van der Waals surface area contributed by atoms with Gasteiger partial charge in [0.15, 0.2) is 0 Å². The van der Waals surface area contributed by atoms with Crippen LogP contribution in [0.25, 0.3) is 0 Å². The third-order valence-electron chi connectivity index (χ3n) is 1.42. The molecule has 0 amide bonds. The molecule has 84 valence electrons. The van der Waals surface area contributed by atoms with Gasteiger partial charge in [-0.3, -0.25) is 4.72 Å². The first-order valence-electron chi connectivity index (χ1n) is 3.57. The van der Waals surface area contributed by atoms with Crippen molar-refractivity contribution in [3.05, 3.63) is 28.2 Å².